The number of hydrogen-bond acceptors (Lipinski definition) is 3. The van der Waals surface area contributed by atoms with Gasteiger partial charge in [0.15, 0.2) is 0 Å². The molecule has 0 rings (SSSR count). The van der Waals surface area contributed by atoms with Gasteiger partial charge >= 0.3 is 0 Å². The third-order valence-electron chi connectivity index (χ3n) is 1.28. The quantitative estimate of drug-likeness (QED) is 0.549. The van der Waals surface area contributed by atoms with E-state index in [4.69, 9.17) is 5.14 Å². The molecule has 0 heterocycles. The van der Waals surface area contributed by atoms with Crippen molar-refractivity contribution < 1.29 is 8.42 Å². The Kier molecular flexibility index (Phi) is 5.45. The summed E-state index contributed by atoms with van der Waals surface area (Å²) < 4.78 is 20.8. The molecule has 4 nitrogen and oxygen atoms in total. The topological polar surface area (TPSA) is 72.2 Å². The minimum Gasteiger partial charge on any atom is -0.317 e. The molecule has 0 aromatic rings. The number of rotatable bonds is 6. The zero-order chi connectivity index (χ0) is 8.74. The van der Waals surface area contributed by atoms with Gasteiger partial charge in [0.2, 0.25) is 10.0 Å². The van der Waals surface area contributed by atoms with Crippen LogP contribution in [0.5, 0.6) is 0 Å². The third-order valence-corrected chi connectivity index (χ3v) is 2.14. The average Bonchev–Trinajstić information content (AvgIpc) is 1.85. The Bertz CT molecular complexity index is 177. The van der Waals surface area contributed by atoms with Gasteiger partial charge in [0, 0.05) is 0 Å². The van der Waals surface area contributed by atoms with Gasteiger partial charge < -0.3 is 5.32 Å². The standard InChI is InChI=1S/C6H16N2O2S/c1-2-8-5-3-4-6-11(7,9)10/h8H,2-6H2,1H3,(H2,7,9,10). The fourth-order valence-electron chi connectivity index (χ4n) is 0.730. The molecule has 0 saturated carbocycles. The van der Waals surface area contributed by atoms with E-state index < -0.39 is 10.0 Å². The van der Waals surface area contributed by atoms with Crippen molar-refractivity contribution in [1.29, 1.82) is 0 Å². The molecule has 0 aliphatic rings. The van der Waals surface area contributed by atoms with Crippen molar-refractivity contribution in [2.24, 2.45) is 5.14 Å². The highest BCUT2D eigenvalue weighted by Crippen LogP contribution is 1.89. The second-order valence-electron chi connectivity index (χ2n) is 2.43. The highest BCUT2D eigenvalue weighted by atomic mass is 32.2. The summed E-state index contributed by atoms with van der Waals surface area (Å²) in [5.41, 5.74) is 0. The van der Waals surface area contributed by atoms with E-state index in [1.54, 1.807) is 0 Å². The molecular weight excluding hydrogens is 164 g/mol. The monoisotopic (exact) mass is 180 g/mol. The molecule has 0 aromatic carbocycles. The van der Waals surface area contributed by atoms with Crippen LogP contribution in [-0.2, 0) is 10.0 Å². The summed E-state index contributed by atoms with van der Waals surface area (Å²) >= 11 is 0. The summed E-state index contributed by atoms with van der Waals surface area (Å²) in [7, 11) is -3.24. The van der Waals surface area contributed by atoms with Crippen molar-refractivity contribution in [3.63, 3.8) is 0 Å². The molecule has 0 unspecified atom stereocenters. The predicted molar refractivity (Wildman–Crippen MR) is 45.8 cm³/mol. The van der Waals surface area contributed by atoms with Crippen LogP contribution < -0.4 is 10.5 Å². The number of nitrogens with one attached hydrogen (secondary N) is 1. The normalized spacial score (nSPS) is 11.8. The van der Waals surface area contributed by atoms with Crippen molar-refractivity contribution in [3.05, 3.63) is 0 Å². The SMILES string of the molecule is CCNCCCCS(N)(=O)=O. The number of primary sulfonamides is 1. The Balaban J connectivity index is 3.16. The first kappa shape index (κ1) is 10.9. The van der Waals surface area contributed by atoms with Gasteiger partial charge in [-0.3, -0.25) is 0 Å². The van der Waals surface area contributed by atoms with Gasteiger partial charge in [0.1, 0.15) is 0 Å². The third kappa shape index (κ3) is 9.87. The molecule has 0 aromatic heterocycles. The Morgan fingerprint density at radius 1 is 1.36 bits per heavy atom. The van der Waals surface area contributed by atoms with Gasteiger partial charge in [-0.2, -0.15) is 0 Å². The fraction of sp³-hybridized carbons (Fsp3) is 1.00. The molecule has 0 bridgehead atoms. The minimum atomic E-state index is -3.24. The molecule has 0 fully saturated rings. The van der Waals surface area contributed by atoms with E-state index in [0.717, 1.165) is 19.5 Å². The molecule has 11 heavy (non-hydrogen) atoms. The van der Waals surface area contributed by atoms with E-state index in [1.165, 1.54) is 0 Å². The largest absolute Gasteiger partial charge is 0.317 e. The molecule has 0 spiro atoms. The van der Waals surface area contributed by atoms with Crippen molar-refractivity contribution >= 4 is 10.0 Å². The van der Waals surface area contributed by atoms with Crippen molar-refractivity contribution in [2.45, 2.75) is 19.8 Å². The molecular formula is C6H16N2O2S. The van der Waals surface area contributed by atoms with Gasteiger partial charge in [0.05, 0.1) is 5.75 Å². The van der Waals surface area contributed by atoms with E-state index in [2.05, 4.69) is 5.32 Å². The van der Waals surface area contributed by atoms with Crippen LogP contribution in [0.2, 0.25) is 0 Å². The Morgan fingerprint density at radius 3 is 2.45 bits per heavy atom. The molecule has 68 valence electrons. The van der Waals surface area contributed by atoms with Crippen molar-refractivity contribution in [1.82, 2.24) is 5.32 Å². The lowest BCUT2D eigenvalue weighted by Gasteiger charge is -1.99. The van der Waals surface area contributed by atoms with Crippen molar-refractivity contribution in [2.75, 3.05) is 18.8 Å². The number of sulfonamides is 1. The lowest BCUT2D eigenvalue weighted by atomic mass is 10.3. The zero-order valence-corrected chi connectivity index (χ0v) is 7.65. The summed E-state index contributed by atoms with van der Waals surface area (Å²) in [6, 6.07) is 0. The maximum atomic E-state index is 10.4. The smallest absolute Gasteiger partial charge is 0.209 e. The van der Waals surface area contributed by atoms with Crippen LogP contribution in [0.25, 0.3) is 0 Å². The zero-order valence-electron chi connectivity index (χ0n) is 6.84. The summed E-state index contributed by atoms with van der Waals surface area (Å²) in [5, 5.41) is 7.90. The molecule has 5 heteroatoms. The van der Waals surface area contributed by atoms with E-state index >= 15 is 0 Å². The lowest BCUT2D eigenvalue weighted by Crippen LogP contribution is -2.19. The van der Waals surface area contributed by atoms with Gasteiger partial charge in [-0.15, -0.1) is 0 Å². The van der Waals surface area contributed by atoms with Crippen molar-refractivity contribution in [3.8, 4) is 0 Å². The van der Waals surface area contributed by atoms with Crippen LogP contribution in [0.3, 0.4) is 0 Å². The Hall–Kier alpha value is -0.130. The predicted octanol–water partition coefficient (Wildman–Crippen LogP) is -0.335. The first-order chi connectivity index (χ1) is 5.06. The van der Waals surface area contributed by atoms with Crippen LogP contribution in [0.4, 0.5) is 0 Å². The molecule has 0 aliphatic carbocycles. The maximum absolute atomic E-state index is 10.4. The molecule has 0 saturated heterocycles. The molecule has 0 aliphatic heterocycles. The lowest BCUT2D eigenvalue weighted by molar-refractivity contribution is 0.590. The van der Waals surface area contributed by atoms with E-state index in [9.17, 15) is 8.42 Å². The van der Waals surface area contributed by atoms with Gasteiger partial charge in [-0.05, 0) is 25.9 Å². The summed E-state index contributed by atoms with van der Waals surface area (Å²) in [6.07, 6.45) is 1.51. The molecule has 3 N–H and O–H groups in total. The first-order valence-corrected chi connectivity index (χ1v) is 5.49. The van der Waals surface area contributed by atoms with E-state index in [1.807, 2.05) is 6.92 Å². The van der Waals surface area contributed by atoms with E-state index in [-0.39, 0.29) is 5.75 Å². The average molecular weight is 180 g/mol. The van der Waals surface area contributed by atoms with Crippen LogP contribution >= 0.6 is 0 Å². The summed E-state index contributed by atoms with van der Waals surface area (Å²) in [5.74, 6) is 0.0956. The summed E-state index contributed by atoms with van der Waals surface area (Å²) in [6.45, 7) is 3.81. The highest BCUT2D eigenvalue weighted by Gasteiger charge is 2.00. The highest BCUT2D eigenvalue weighted by molar-refractivity contribution is 7.89. The second kappa shape index (κ2) is 5.51. The van der Waals surface area contributed by atoms with Crippen LogP contribution in [0.15, 0.2) is 0 Å². The Morgan fingerprint density at radius 2 is 2.00 bits per heavy atom. The number of unbranched alkanes of at least 4 members (excludes halogenated alkanes) is 1. The van der Waals surface area contributed by atoms with Gasteiger partial charge in [-0.1, -0.05) is 6.92 Å². The van der Waals surface area contributed by atoms with Crippen LogP contribution in [-0.4, -0.2) is 27.3 Å². The van der Waals surface area contributed by atoms with Crippen LogP contribution in [0.1, 0.15) is 19.8 Å². The Labute approximate surface area is 68.2 Å². The van der Waals surface area contributed by atoms with E-state index in [0.29, 0.717) is 6.42 Å². The second-order valence-corrected chi connectivity index (χ2v) is 4.16. The fourth-order valence-corrected chi connectivity index (χ4v) is 1.34. The minimum absolute atomic E-state index is 0.0956. The first-order valence-electron chi connectivity index (χ1n) is 3.77. The molecule has 0 atom stereocenters. The van der Waals surface area contributed by atoms with Gasteiger partial charge in [0.25, 0.3) is 0 Å². The molecule has 0 amide bonds. The van der Waals surface area contributed by atoms with Gasteiger partial charge in [-0.25, -0.2) is 13.6 Å². The van der Waals surface area contributed by atoms with Crippen LogP contribution in [0, 0.1) is 0 Å². The number of hydrogen-bond donors (Lipinski definition) is 2. The number of nitrogens with two attached hydrogens (primary N) is 1. The maximum Gasteiger partial charge on any atom is 0.209 e. The molecule has 0 radical (unpaired) electrons. The summed E-state index contributed by atoms with van der Waals surface area (Å²) in [4.78, 5) is 0.